The molecule has 0 aromatic rings. The fourth-order valence-electron chi connectivity index (χ4n) is 3.44. The van der Waals surface area contributed by atoms with Gasteiger partial charge in [0.1, 0.15) is 0 Å². The standard InChI is InChI=1S/C19H35N3O4/c1-14(2)11-16-18(24)22(10-7-20-16)12-17(23)21-8-5-19(25,6-9-21)26-13-15(3)4/h14-16,20,25H,5-13H2,1-4H3. The molecule has 26 heavy (non-hydrogen) atoms. The molecule has 2 aliphatic rings. The number of piperidine rings is 1. The summed E-state index contributed by atoms with van der Waals surface area (Å²) in [5.41, 5.74) is 0. The molecule has 7 heteroatoms. The summed E-state index contributed by atoms with van der Waals surface area (Å²) in [6, 6.07) is -0.188. The van der Waals surface area contributed by atoms with Crippen LogP contribution in [0.25, 0.3) is 0 Å². The predicted molar refractivity (Wildman–Crippen MR) is 99.4 cm³/mol. The molecule has 2 rings (SSSR count). The molecule has 1 unspecified atom stereocenters. The third-order valence-electron chi connectivity index (χ3n) is 5.00. The van der Waals surface area contributed by atoms with Crippen LogP contribution in [0.2, 0.25) is 0 Å². The van der Waals surface area contributed by atoms with Gasteiger partial charge in [-0.25, -0.2) is 0 Å². The number of nitrogens with one attached hydrogen (secondary N) is 1. The van der Waals surface area contributed by atoms with Crippen LogP contribution in [0.4, 0.5) is 0 Å². The number of amides is 2. The maximum atomic E-state index is 12.6. The van der Waals surface area contributed by atoms with Crippen LogP contribution in [0.3, 0.4) is 0 Å². The molecule has 2 saturated heterocycles. The molecule has 2 fully saturated rings. The topological polar surface area (TPSA) is 82.1 Å². The smallest absolute Gasteiger partial charge is 0.242 e. The van der Waals surface area contributed by atoms with E-state index in [1.165, 1.54) is 0 Å². The van der Waals surface area contributed by atoms with Crippen molar-refractivity contribution in [1.82, 2.24) is 15.1 Å². The lowest BCUT2D eigenvalue weighted by Gasteiger charge is -2.39. The molecule has 0 radical (unpaired) electrons. The number of ether oxygens (including phenoxy) is 1. The second-order valence-electron chi connectivity index (χ2n) is 8.43. The average Bonchev–Trinajstić information content (AvgIpc) is 2.57. The summed E-state index contributed by atoms with van der Waals surface area (Å²) in [5.74, 6) is -0.371. The van der Waals surface area contributed by atoms with E-state index in [4.69, 9.17) is 4.74 Å². The van der Waals surface area contributed by atoms with Crippen molar-refractivity contribution >= 4 is 11.8 Å². The van der Waals surface area contributed by atoms with Gasteiger partial charge in [0, 0.05) is 39.0 Å². The van der Waals surface area contributed by atoms with Crippen molar-refractivity contribution in [3.05, 3.63) is 0 Å². The Bertz CT molecular complexity index is 487. The largest absolute Gasteiger partial charge is 0.365 e. The molecular formula is C19H35N3O4. The Morgan fingerprint density at radius 3 is 2.46 bits per heavy atom. The highest BCUT2D eigenvalue weighted by molar-refractivity contribution is 5.88. The molecule has 0 aromatic carbocycles. The lowest BCUT2D eigenvalue weighted by atomic mass is 10.0. The fraction of sp³-hybridized carbons (Fsp3) is 0.895. The maximum Gasteiger partial charge on any atom is 0.242 e. The molecule has 150 valence electrons. The van der Waals surface area contributed by atoms with Gasteiger partial charge in [0.15, 0.2) is 5.79 Å². The van der Waals surface area contributed by atoms with Crippen molar-refractivity contribution in [2.75, 3.05) is 39.3 Å². The van der Waals surface area contributed by atoms with E-state index in [-0.39, 0.29) is 24.4 Å². The number of piperazine rings is 1. The molecule has 2 amide bonds. The number of nitrogens with zero attached hydrogens (tertiary/aromatic N) is 2. The third-order valence-corrected chi connectivity index (χ3v) is 5.00. The molecule has 1 atom stereocenters. The summed E-state index contributed by atoms with van der Waals surface area (Å²) in [5, 5.41) is 13.7. The zero-order chi connectivity index (χ0) is 19.3. The lowest BCUT2D eigenvalue weighted by Crippen LogP contribution is -2.58. The summed E-state index contributed by atoms with van der Waals surface area (Å²) in [7, 11) is 0. The minimum absolute atomic E-state index is 0.0204. The predicted octanol–water partition coefficient (Wildman–Crippen LogP) is 0.817. The van der Waals surface area contributed by atoms with Crippen LogP contribution in [0, 0.1) is 11.8 Å². The molecule has 2 N–H and O–H groups in total. The minimum Gasteiger partial charge on any atom is -0.365 e. The first-order valence-corrected chi connectivity index (χ1v) is 9.86. The highest BCUT2D eigenvalue weighted by Crippen LogP contribution is 2.24. The van der Waals surface area contributed by atoms with Crippen molar-refractivity contribution in [3.63, 3.8) is 0 Å². The highest BCUT2D eigenvalue weighted by atomic mass is 16.6. The Kier molecular flexibility index (Phi) is 7.43. The second kappa shape index (κ2) is 9.15. The number of carbonyl (C=O) groups is 2. The van der Waals surface area contributed by atoms with Crippen molar-refractivity contribution < 1.29 is 19.4 Å². The number of hydrogen-bond donors (Lipinski definition) is 2. The van der Waals surface area contributed by atoms with Gasteiger partial charge in [0.25, 0.3) is 0 Å². The minimum atomic E-state index is -1.13. The van der Waals surface area contributed by atoms with Crippen molar-refractivity contribution in [3.8, 4) is 0 Å². The SMILES string of the molecule is CC(C)COC1(O)CCN(C(=O)CN2CCNC(CC(C)C)C2=O)CC1. The van der Waals surface area contributed by atoms with Crippen molar-refractivity contribution in [2.24, 2.45) is 11.8 Å². The summed E-state index contributed by atoms with van der Waals surface area (Å²) >= 11 is 0. The summed E-state index contributed by atoms with van der Waals surface area (Å²) in [4.78, 5) is 28.6. The molecule has 0 spiro atoms. The molecule has 2 heterocycles. The summed E-state index contributed by atoms with van der Waals surface area (Å²) in [6.45, 7) is 11.1. The maximum absolute atomic E-state index is 12.6. The second-order valence-corrected chi connectivity index (χ2v) is 8.43. The van der Waals surface area contributed by atoms with Crippen LogP contribution in [0.1, 0.15) is 47.0 Å². The highest BCUT2D eigenvalue weighted by Gasteiger charge is 2.36. The molecule has 7 nitrogen and oxygen atoms in total. The summed E-state index contributed by atoms with van der Waals surface area (Å²) < 4.78 is 5.62. The first-order chi connectivity index (χ1) is 12.2. The van der Waals surface area contributed by atoms with Crippen LogP contribution in [0.15, 0.2) is 0 Å². The van der Waals surface area contributed by atoms with Crippen molar-refractivity contribution in [2.45, 2.75) is 58.8 Å². The van der Waals surface area contributed by atoms with Crippen LogP contribution in [-0.4, -0.2) is 77.9 Å². The van der Waals surface area contributed by atoms with Crippen LogP contribution in [-0.2, 0) is 14.3 Å². The molecule has 2 aliphatic heterocycles. The van der Waals surface area contributed by atoms with Gasteiger partial charge in [-0.1, -0.05) is 27.7 Å². The van der Waals surface area contributed by atoms with Gasteiger partial charge in [-0.15, -0.1) is 0 Å². The van der Waals surface area contributed by atoms with E-state index in [0.717, 1.165) is 13.0 Å². The Morgan fingerprint density at radius 1 is 1.23 bits per heavy atom. The molecule has 0 saturated carbocycles. The third kappa shape index (κ3) is 5.93. The van der Waals surface area contributed by atoms with Gasteiger partial charge < -0.3 is 25.0 Å². The van der Waals surface area contributed by atoms with Crippen LogP contribution in [0.5, 0.6) is 0 Å². The Morgan fingerprint density at radius 2 is 1.88 bits per heavy atom. The van der Waals surface area contributed by atoms with E-state index in [1.54, 1.807) is 9.80 Å². The molecule has 0 bridgehead atoms. The first-order valence-electron chi connectivity index (χ1n) is 9.86. The average molecular weight is 370 g/mol. The Hall–Kier alpha value is -1.18. The van der Waals surface area contributed by atoms with E-state index in [1.807, 2.05) is 13.8 Å². The van der Waals surface area contributed by atoms with Gasteiger partial charge >= 0.3 is 0 Å². The number of hydrogen-bond acceptors (Lipinski definition) is 5. The van der Waals surface area contributed by atoms with Gasteiger partial charge in [-0.05, 0) is 18.3 Å². The fourth-order valence-corrected chi connectivity index (χ4v) is 3.44. The first kappa shape index (κ1) is 21.1. The van der Waals surface area contributed by atoms with E-state index in [2.05, 4.69) is 19.2 Å². The van der Waals surface area contributed by atoms with E-state index >= 15 is 0 Å². The number of carbonyl (C=O) groups excluding carboxylic acids is 2. The summed E-state index contributed by atoms with van der Waals surface area (Å²) in [6.07, 6.45) is 1.61. The van der Waals surface area contributed by atoms with Gasteiger partial charge in [0.05, 0.1) is 19.2 Å². The van der Waals surface area contributed by atoms with E-state index < -0.39 is 5.79 Å². The zero-order valence-corrected chi connectivity index (χ0v) is 16.7. The quantitative estimate of drug-likeness (QED) is 0.649. The van der Waals surface area contributed by atoms with Gasteiger partial charge in [-0.2, -0.15) is 0 Å². The van der Waals surface area contributed by atoms with E-state index in [0.29, 0.717) is 50.9 Å². The Balaban J connectivity index is 1.82. The number of rotatable bonds is 7. The normalized spacial score (nSPS) is 23.8. The monoisotopic (exact) mass is 369 g/mol. The van der Waals surface area contributed by atoms with Crippen LogP contribution < -0.4 is 5.32 Å². The lowest BCUT2D eigenvalue weighted by molar-refractivity contribution is -0.230. The van der Waals surface area contributed by atoms with Gasteiger partial charge in [-0.3, -0.25) is 9.59 Å². The van der Waals surface area contributed by atoms with Gasteiger partial charge in [0.2, 0.25) is 11.8 Å². The number of likely N-dealkylation sites (tertiary alicyclic amines) is 1. The zero-order valence-electron chi connectivity index (χ0n) is 16.7. The Labute approximate surface area is 157 Å². The van der Waals surface area contributed by atoms with Crippen LogP contribution >= 0.6 is 0 Å². The van der Waals surface area contributed by atoms with Crippen molar-refractivity contribution in [1.29, 1.82) is 0 Å². The molecule has 0 aliphatic carbocycles. The number of aliphatic hydroxyl groups is 1. The van der Waals surface area contributed by atoms with E-state index in [9.17, 15) is 14.7 Å². The molecule has 0 aromatic heterocycles. The molecular weight excluding hydrogens is 334 g/mol.